The summed E-state index contributed by atoms with van der Waals surface area (Å²) >= 11 is 0. The number of halogens is 1. The second-order valence-corrected chi connectivity index (χ2v) is 8.56. The number of sulfone groups is 1. The molecule has 0 N–H and O–H groups in total. The zero-order valence-corrected chi connectivity index (χ0v) is 12.8. The molecule has 0 aromatic carbocycles. The van der Waals surface area contributed by atoms with Crippen LogP contribution in [-0.4, -0.2) is 45.9 Å². The van der Waals surface area contributed by atoms with E-state index in [1.54, 1.807) is 6.92 Å². The lowest BCUT2D eigenvalue weighted by Crippen LogP contribution is -2.19. The maximum atomic E-state index is 12.0. The van der Waals surface area contributed by atoms with Crippen LogP contribution in [0.5, 0.6) is 0 Å². The summed E-state index contributed by atoms with van der Waals surface area (Å²) in [7, 11) is -3.05. The Morgan fingerprint density at radius 1 is 1.30 bits per heavy atom. The summed E-state index contributed by atoms with van der Waals surface area (Å²) in [6, 6.07) is 2.62. The van der Waals surface area contributed by atoms with E-state index < -0.39 is 41.4 Å². The molecule has 0 aliphatic rings. The van der Waals surface area contributed by atoms with Crippen LogP contribution in [0.4, 0.5) is 0 Å². The molecular weight excluding hydrogens is 330 g/mol. The Labute approximate surface area is 121 Å². The van der Waals surface area contributed by atoms with Gasteiger partial charge in [-0.05, 0) is 19.1 Å². The minimum Gasteiger partial charge on any atom is -0.462 e. The zero-order valence-electron chi connectivity index (χ0n) is 10.4. The highest BCUT2D eigenvalue weighted by molar-refractivity contribution is 8.14. The molecule has 20 heavy (non-hydrogen) atoms. The molecule has 1 rings (SSSR count). The van der Waals surface area contributed by atoms with E-state index in [-0.39, 0.29) is 12.2 Å². The lowest BCUT2D eigenvalue weighted by atomic mass is 10.3. The summed E-state index contributed by atoms with van der Waals surface area (Å²) in [4.78, 5) is 15.3. The normalized spacial score (nSPS) is 12.1. The minimum absolute atomic E-state index is 0.0727. The highest BCUT2D eigenvalue weighted by Gasteiger charge is 2.26. The number of ether oxygens (including phenoxy) is 1. The average molecular weight is 342 g/mol. The fourth-order valence-corrected chi connectivity index (χ4v) is 4.45. The first-order chi connectivity index (χ1) is 9.17. The van der Waals surface area contributed by atoms with Crippen molar-refractivity contribution in [2.24, 2.45) is 0 Å². The zero-order chi connectivity index (χ0) is 15.4. The largest absolute Gasteiger partial charge is 0.462 e. The monoisotopic (exact) mass is 341 g/mol. The molecule has 112 valence electrons. The lowest BCUT2D eigenvalue weighted by Gasteiger charge is -2.08. The van der Waals surface area contributed by atoms with Gasteiger partial charge in [-0.1, -0.05) is 0 Å². The van der Waals surface area contributed by atoms with Gasteiger partial charge >= 0.3 is 5.97 Å². The van der Waals surface area contributed by atoms with Crippen molar-refractivity contribution in [3.8, 4) is 0 Å². The summed E-state index contributed by atoms with van der Waals surface area (Å²) < 4.78 is 50.4. The van der Waals surface area contributed by atoms with Gasteiger partial charge in [0.05, 0.1) is 23.7 Å². The number of esters is 1. The van der Waals surface area contributed by atoms with Gasteiger partial charge in [-0.25, -0.2) is 26.6 Å². The molecule has 0 aliphatic carbocycles. The molecule has 0 saturated heterocycles. The van der Waals surface area contributed by atoms with Gasteiger partial charge in [-0.2, -0.15) is 0 Å². The summed E-state index contributed by atoms with van der Waals surface area (Å²) in [5.74, 6) is -2.37. The number of hydrogen-bond acceptors (Lipinski definition) is 7. The van der Waals surface area contributed by atoms with Gasteiger partial charge < -0.3 is 4.74 Å². The Balaban J connectivity index is 3.16. The maximum absolute atomic E-state index is 12.0. The number of aromatic nitrogens is 1. The second kappa shape index (κ2) is 6.51. The molecule has 1 heterocycles. The minimum atomic E-state index is -4.06. The lowest BCUT2D eigenvalue weighted by molar-refractivity contribution is 0.0521. The van der Waals surface area contributed by atoms with Crippen LogP contribution < -0.4 is 0 Å². The van der Waals surface area contributed by atoms with E-state index in [1.165, 1.54) is 18.3 Å². The highest BCUT2D eigenvalue weighted by Crippen LogP contribution is 2.16. The molecule has 0 spiro atoms. The summed E-state index contributed by atoms with van der Waals surface area (Å²) in [5.41, 5.74) is -0.235. The van der Waals surface area contributed by atoms with E-state index in [1.807, 2.05) is 0 Å². The van der Waals surface area contributed by atoms with Crippen molar-refractivity contribution in [3.05, 3.63) is 23.9 Å². The topological polar surface area (TPSA) is 107 Å². The third-order valence-corrected chi connectivity index (χ3v) is 5.23. The average Bonchev–Trinajstić information content (AvgIpc) is 2.36. The van der Waals surface area contributed by atoms with Crippen molar-refractivity contribution in [1.82, 2.24) is 4.98 Å². The van der Waals surface area contributed by atoms with Crippen molar-refractivity contribution in [3.63, 3.8) is 0 Å². The predicted molar refractivity (Wildman–Crippen MR) is 71.9 cm³/mol. The van der Waals surface area contributed by atoms with Gasteiger partial charge in [0.2, 0.25) is 9.05 Å². The Kier molecular flexibility index (Phi) is 5.49. The van der Waals surface area contributed by atoms with Gasteiger partial charge in [-0.15, -0.1) is 0 Å². The molecule has 1 aromatic heterocycles. The van der Waals surface area contributed by atoms with E-state index in [9.17, 15) is 21.6 Å². The van der Waals surface area contributed by atoms with Gasteiger partial charge in [0, 0.05) is 16.9 Å². The van der Waals surface area contributed by atoms with Crippen LogP contribution in [0.3, 0.4) is 0 Å². The van der Waals surface area contributed by atoms with Crippen molar-refractivity contribution >= 4 is 35.5 Å². The molecule has 0 unspecified atom stereocenters. The van der Waals surface area contributed by atoms with Crippen LogP contribution >= 0.6 is 10.7 Å². The molecule has 10 heteroatoms. The molecule has 1 aromatic rings. The Hall–Kier alpha value is -1.19. The number of pyridine rings is 1. The molecule has 0 bridgehead atoms. The van der Waals surface area contributed by atoms with Crippen molar-refractivity contribution in [2.75, 3.05) is 18.1 Å². The van der Waals surface area contributed by atoms with Crippen LogP contribution in [0.1, 0.15) is 17.3 Å². The highest BCUT2D eigenvalue weighted by atomic mass is 35.7. The van der Waals surface area contributed by atoms with Gasteiger partial charge in [0.1, 0.15) is 0 Å². The van der Waals surface area contributed by atoms with Gasteiger partial charge in [0.15, 0.2) is 14.9 Å². The smallest absolute Gasteiger partial charge is 0.341 e. The van der Waals surface area contributed by atoms with Crippen LogP contribution in [-0.2, 0) is 23.6 Å². The first kappa shape index (κ1) is 16.9. The second-order valence-electron chi connectivity index (χ2n) is 3.64. The summed E-state index contributed by atoms with van der Waals surface area (Å²) in [6.45, 7) is 1.64. The van der Waals surface area contributed by atoms with E-state index in [0.717, 1.165) is 0 Å². The number of nitrogens with zero attached hydrogens (tertiary/aromatic N) is 1. The Morgan fingerprint density at radius 2 is 1.95 bits per heavy atom. The molecule has 7 nitrogen and oxygen atoms in total. The number of carbonyl (C=O) groups is 1. The number of rotatable bonds is 6. The first-order valence-electron chi connectivity index (χ1n) is 5.44. The SMILES string of the molecule is CCOC(=O)c1cccnc1S(=O)(=O)CCS(=O)(=O)Cl. The number of hydrogen-bond donors (Lipinski definition) is 0. The van der Waals surface area contributed by atoms with E-state index in [4.69, 9.17) is 15.4 Å². The van der Waals surface area contributed by atoms with E-state index in [2.05, 4.69) is 4.98 Å². The van der Waals surface area contributed by atoms with Crippen LogP contribution in [0.15, 0.2) is 23.4 Å². The van der Waals surface area contributed by atoms with E-state index >= 15 is 0 Å². The van der Waals surface area contributed by atoms with Crippen molar-refractivity contribution < 1.29 is 26.4 Å². The fourth-order valence-electron chi connectivity index (χ4n) is 1.31. The molecule has 0 saturated carbocycles. The van der Waals surface area contributed by atoms with Gasteiger partial charge in [-0.3, -0.25) is 0 Å². The van der Waals surface area contributed by atoms with Crippen LogP contribution in [0, 0.1) is 0 Å². The predicted octanol–water partition coefficient (Wildman–Crippen LogP) is 0.601. The first-order valence-corrected chi connectivity index (χ1v) is 9.57. The molecule has 0 aliphatic heterocycles. The Morgan fingerprint density at radius 3 is 2.50 bits per heavy atom. The third-order valence-electron chi connectivity index (χ3n) is 2.16. The van der Waals surface area contributed by atoms with Crippen molar-refractivity contribution in [2.45, 2.75) is 11.9 Å². The number of carbonyl (C=O) groups excluding carboxylic acids is 1. The summed E-state index contributed by atoms with van der Waals surface area (Å²) in [5, 5.41) is -0.515. The van der Waals surface area contributed by atoms with Crippen molar-refractivity contribution in [1.29, 1.82) is 0 Å². The third kappa shape index (κ3) is 4.73. The maximum Gasteiger partial charge on any atom is 0.341 e. The standard InChI is InChI=1S/C10H12ClNO6S2/c1-2-18-10(13)8-4-3-5-12-9(8)19(14,15)6-7-20(11,16)17/h3-5H,2,6-7H2,1H3. The molecule has 0 radical (unpaired) electrons. The Bertz CT molecular complexity index is 698. The molecule has 0 fully saturated rings. The molecule has 0 atom stereocenters. The molecule has 0 amide bonds. The summed E-state index contributed by atoms with van der Waals surface area (Å²) in [6.07, 6.45) is 1.19. The van der Waals surface area contributed by atoms with Crippen LogP contribution in [0.2, 0.25) is 0 Å². The van der Waals surface area contributed by atoms with Gasteiger partial charge in [0.25, 0.3) is 0 Å². The fraction of sp³-hybridized carbons (Fsp3) is 0.400. The quantitative estimate of drug-likeness (QED) is 0.550. The van der Waals surface area contributed by atoms with Crippen LogP contribution in [0.25, 0.3) is 0 Å². The van der Waals surface area contributed by atoms with E-state index in [0.29, 0.717) is 0 Å². The molecular formula is C10H12ClNO6S2.